The summed E-state index contributed by atoms with van der Waals surface area (Å²) in [7, 11) is 0. The Kier molecular flexibility index (Phi) is 12.7. The Bertz CT molecular complexity index is 926. The van der Waals surface area contributed by atoms with Crippen LogP contribution < -0.4 is 21.3 Å². The van der Waals surface area contributed by atoms with Crippen LogP contribution in [0.25, 0.3) is 0 Å². The maximum absolute atomic E-state index is 13.0. The van der Waals surface area contributed by atoms with Crippen molar-refractivity contribution in [1.29, 1.82) is 0 Å². The zero-order valence-electron chi connectivity index (χ0n) is 20.8. The van der Waals surface area contributed by atoms with Crippen LogP contribution in [0.15, 0.2) is 12.7 Å². The molecular weight excluding hydrogens is 472 g/mol. The molecule has 0 radical (unpaired) electrons. The molecule has 0 aromatic heterocycles. The number of benzene rings is 1. The van der Waals surface area contributed by atoms with Gasteiger partial charge in [0.25, 0.3) is 11.8 Å². The summed E-state index contributed by atoms with van der Waals surface area (Å²) in [5, 5.41) is 47.5. The van der Waals surface area contributed by atoms with Crippen LogP contribution in [0.5, 0.6) is 0 Å². The van der Waals surface area contributed by atoms with Gasteiger partial charge in [-0.2, -0.15) is 0 Å². The van der Waals surface area contributed by atoms with Gasteiger partial charge in [-0.1, -0.05) is 6.58 Å². The molecule has 1 aromatic rings. The number of rotatable bonds is 14. The van der Waals surface area contributed by atoms with Crippen molar-refractivity contribution in [2.45, 2.75) is 45.8 Å². The summed E-state index contributed by atoms with van der Waals surface area (Å²) in [4.78, 5) is 49.8. The molecule has 0 bridgehead atoms. The zero-order valence-corrected chi connectivity index (χ0v) is 20.8. The van der Waals surface area contributed by atoms with Crippen molar-refractivity contribution in [3.63, 3.8) is 0 Å². The van der Waals surface area contributed by atoms with E-state index >= 15 is 0 Å². The molecule has 8 N–H and O–H groups in total. The summed E-state index contributed by atoms with van der Waals surface area (Å²) in [5.74, 6) is -2.00. The summed E-state index contributed by atoms with van der Waals surface area (Å²) >= 11 is 0. The first-order chi connectivity index (χ1) is 17.0. The molecule has 2 unspecified atom stereocenters. The Labute approximate surface area is 209 Å². The Balaban J connectivity index is 3.32. The molecule has 0 saturated heterocycles. The number of carbonyl (C=O) groups is 4. The maximum atomic E-state index is 13.0. The number of aliphatic hydroxyl groups excluding tert-OH is 4. The second-order valence-electron chi connectivity index (χ2n) is 8.24. The first-order valence-corrected chi connectivity index (χ1v) is 11.5. The molecule has 0 heterocycles. The summed E-state index contributed by atoms with van der Waals surface area (Å²) in [5.41, 5.74) is 1.55. The Hall–Kier alpha value is -3.32. The summed E-state index contributed by atoms with van der Waals surface area (Å²) in [6.45, 7) is 6.80. The SMILES string of the molecule is C=CC(=O)NCCCC(=O)Nc1c(C)c(C(=O)NCC(O)CO)c(C)c(C(=O)NCC(O)CO)c1C. The number of aliphatic hydroxyl groups is 4. The van der Waals surface area contributed by atoms with E-state index in [1.807, 2.05) is 0 Å². The van der Waals surface area contributed by atoms with Crippen molar-refractivity contribution in [1.82, 2.24) is 16.0 Å². The molecule has 0 saturated carbocycles. The van der Waals surface area contributed by atoms with Crippen molar-refractivity contribution in [2.75, 3.05) is 38.2 Å². The Morgan fingerprint density at radius 1 is 0.833 bits per heavy atom. The van der Waals surface area contributed by atoms with Gasteiger partial charge in [0.2, 0.25) is 11.8 Å². The highest BCUT2D eigenvalue weighted by molar-refractivity contribution is 6.07. The summed E-state index contributed by atoms with van der Waals surface area (Å²) < 4.78 is 0. The maximum Gasteiger partial charge on any atom is 0.252 e. The minimum atomic E-state index is -1.18. The van der Waals surface area contributed by atoms with Crippen molar-refractivity contribution in [3.05, 3.63) is 40.5 Å². The molecule has 1 rings (SSSR count). The van der Waals surface area contributed by atoms with E-state index in [-0.39, 0.29) is 48.8 Å². The average Bonchev–Trinajstić information content (AvgIpc) is 2.85. The summed E-state index contributed by atoms with van der Waals surface area (Å²) in [6.07, 6.45) is -0.837. The van der Waals surface area contributed by atoms with Crippen LogP contribution in [0.3, 0.4) is 0 Å². The molecule has 12 heteroatoms. The number of hydrogen-bond acceptors (Lipinski definition) is 8. The van der Waals surface area contributed by atoms with Crippen molar-refractivity contribution in [2.24, 2.45) is 0 Å². The van der Waals surface area contributed by atoms with E-state index in [2.05, 4.69) is 27.8 Å². The molecule has 0 aliphatic heterocycles. The van der Waals surface area contributed by atoms with Gasteiger partial charge in [-0.15, -0.1) is 0 Å². The van der Waals surface area contributed by atoms with Crippen LogP contribution in [0.4, 0.5) is 5.69 Å². The number of amides is 4. The van der Waals surface area contributed by atoms with Gasteiger partial charge in [-0.3, -0.25) is 19.2 Å². The topological polar surface area (TPSA) is 197 Å². The first kappa shape index (κ1) is 30.7. The normalized spacial score (nSPS) is 12.3. The van der Waals surface area contributed by atoms with E-state index in [0.29, 0.717) is 23.1 Å². The van der Waals surface area contributed by atoms with Gasteiger partial charge in [0.05, 0.1) is 25.4 Å². The van der Waals surface area contributed by atoms with Crippen LogP contribution in [-0.4, -0.2) is 89.1 Å². The van der Waals surface area contributed by atoms with E-state index in [1.54, 1.807) is 20.8 Å². The lowest BCUT2D eigenvalue weighted by molar-refractivity contribution is -0.118. The molecule has 2 atom stereocenters. The standard InChI is InChI=1S/C24H36N4O8/c1-5-18(33)25-8-6-7-19(34)28-22-14(3)20(23(35)26-9-16(31)11-29)13(2)21(15(22)4)24(36)27-10-17(32)12-30/h5,16-17,29-32H,1,6-12H2,2-4H3,(H,25,33)(H,26,35)(H,27,36)(H,28,34). The molecule has 4 amide bonds. The number of nitrogens with one attached hydrogen (secondary N) is 4. The van der Waals surface area contributed by atoms with Gasteiger partial charge in [0.15, 0.2) is 0 Å². The minimum absolute atomic E-state index is 0.0542. The van der Waals surface area contributed by atoms with Crippen molar-refractivity contribution < 1.29 is 39.6 Å². The molecular formula is C24H36N4O8. The summed E-state index contributed by atoms with van der Waals surface area (Å²) in [6, 6.07) is 0. The number of carbonyl (C=O) groups excluding carboxylic acids is 4. The Morgan fingerprint density at radius 3 is 1.72 bits per heavy atom. The lowest BCUT2D eigenvalue weighted by Crippen LogP contribution is -2.37. The lowest BCUT2D eigenvalue weighted by Gasteiger charge is -2.22. The van der Waals surface area contributed by atoms with Gasteiger partial charge in [-0.05, 0) is 50.0 Å². The van der Waals surface area contributed by atoms with Crippen molar-refractivity contribution in [3.8, 4) is 0 Å². The Morgan fingerprint density at radius 2 is 1.31 bits per heavy atom. The molecule has 12 nitrogen and oxygen atoms in total. The van der Waals surface area contributed by atoms with E-state index < -0.39 is 43.1 Å². The van der Waals surface area contributed by atoms with Crippen LogP contribution in [0.1, 0.15) is 50.2 Å². The fraction of sp³-hybridized carbons (Fsp3) is 0.500. The van der Waals surface area contributed by atoms with Gasteiger partial charge in [0, 0.05) is 42.9 Å². The molecule has 1 aromatic carbocycles. The van der Waals surface area contributed by atoms with E-state index in [0.717, 1.165) is 6.08 Å². The predicted molar refractivity (Wildman–Crippen MR) is 133 cm³/mol. The van der Waals surface area contributed by atoms with E-state index in [9.17, 15) is 29.4 Å². The van der Waals surface area contributed by atoms with Gasteiger partial charge in [0.1, 0.15) is 0 Å². The molecule has 36 heavy (non-hydrogen) atoms. The third-order valence-corrected chi connectivity index (χ3v) is 5.45. The number of anilines is 1. The van der Waals surface area contributed by atoms with Crippen LogP contribution in [0.2, 0.25) is 0 Å². The van der Waals surface area contributed by atoms with E-state index in [1.165, 1.54) is 0 Å². The minimum Gasteiger partial charge on any atom is -0.394 e. The highest BCUT2D eigenvalue weighted by Crippen LogP contribution is 2.31. The van der Waals surface area contributed by atoms with Crippen molar-refractivity contribution >= 4 is 29.3 Å². The highest BCUT2D eigenvalue weighted by atomic mass is 16.3. The fourth-order valence-electron chi connectivity index (χ4n) is 3.55. The molecule has 0 fully saturated rings. The zero-order chi connectivity index (χ0) is 27.4. The van der Waals surface area contributed by atoms with Gasteiger partial charge in [-0.25, -0.2) is 0 Å². The molecule has 200 valence electrons. The smallest absolute Gasteiger partial charge is 0.252 e. The number of hydrogen-bond donors (Lipinski definition) is 8. The third-order valence-electron chi connectivity index (χ3n) is 5.45. The first-order valence-electron chi connectivity index (χ1n) is 11.5. The lowest BCUT2D eigenvalue weighted by atomic mass is 9.90. The monoisotopic (exact) mass is 508 g/mol. The van der Waals surface area contributed by atoms with E-state index in [4.69, 9.17) is 10.2 Å². The third kappa shape index (κ3) is 8.72. The largest absolute Gasteiger partial charge is 0.394 e. The average molecular weight is 509 g/mol. The van der Waals surface area contributed by atoms with Gasteiger partial charge >= 0.3 is 0 Å². The molecule has 0 aliphatic carbocycles. The van der Waals surface area contributed by atoms with Crippen LogP contribution in [0, 0.1) is 20.8 Å². The second-order valence-corrected chi connectivity index (χ2v) is 8.24. The molecule has 0 aliphatic rings. The fourth-order valence-corrected chi connectivity index (χ4v) is 3.55. The molecule has 0 spiro atoms. The predicted octanol–water partition coefficient (Wildman–Crippen LogP) is -1.20. The van der Waals surface area contributed by atoms with Crippen LogP contribution >= 0.6 is 0 Å². The van der Waals surface area contributed by atoms with Crippen LogP contribution in [-0.2, 0) is 9.59 Å². The highest BCUT2D eigenvalue weighted by Gasteiger charge is 2.26. The second kappa shape index (κ2) is 14.9. The quantitative estimate of drug-likeness (QED) is 0.113. The van der Waals surface area contributed by atoms with Gasteiger partial charge < -0.3 is 41.7 Å².